The number of carboxylic acid groups (broad SMARTS) is 1. The van der Waals surface area contributed by atoms with Crippen LogP contribution in [0.15, 0.2) is 73.2 Å². The Balaban J connectivity index is 1.84. The lowest BCUT2D eigenvalue weighted by atomic mass is 9.98. The molecule has 0 aliphatic carbocycles. The minimum atomic E-state index is -1.14. The first-order chi connectivity index (χ1) is 14.8. The zero-order chi connectivity index (χ0) is 22.4. The normalized spacial score (nSPS) is 12.1. The second-order valence-corrected chi connectivity index (χ2v) is 8.19. The van der Waals surface area contributed by atoms with Gasteiger partial charge in [-0.25, -0.2) is 4.79 Å². The largest absolute Gasteiger partial charge is 0.465 e. The van der Waals surface area contributed by atoms with E-state index in [9.17, 15) is 14.7 Å². The standard InChI is InChI=1S/C24H26N4O3/c1-24(2,3)28(23(30)31)21(15-17-7-5-4-6-8-17)22(29)27-19-9-10-20(26-16-19)18-11-13-25-14-12-18/h4-14,16,21H,15H2,1-3H3,(H,27,29)(H,30,31)/t21-/m1/s1. The maximum Gasteiger partial charge on any atom is 0.408 e. The molecule has 2 heterocycles. The van der Waals surface area contributed by atoms with Crippen molar-refractivity contribution in [3.8, 4) is 11.3 Å². The highest BCUT2D eigenvalue weighted by atomic mass is 16.4. The van der Waals surface area contributed by atoms with E-state index in [4.69, 9.17) is 0 Å². The molecule has 7 heteroatoms. The van der Waals surface area contributed by atoms with Gasteiger partial charge >= 0.3 is 6.09 Å². The van der Waals surface area contributed by atoms with Crippen molar-refractivity contribution < 1.29 is 14.7 Å². The van der Waals surface area contributed by atoms with Crippen LogP contribution in [-0.4, -0.2) is 43.6 Å². The molecule has 160 valence electrons. The summed E-state index contributed by atoms with van der Waals surface area (Å²) < 4.78 is 0. The van der Waals surface area contributed by atoms with E-state index in [-0.39, 0.29) is 6.42 Å². The summed E-state index contributed by atoms with van der Waals surface area (Å²) in [6, 6.07) is 15.7. The van der Waals surface area contributed by atoms with Gasteiger partial charge in [0.25, 0.3) is 0 Å². The van der Waals surface area contributed by atoms with E-state index in [0.717, 1.165) is 16.8 Å². The molecule has 0 radical (unpaired) electrons. The zero-order valence-electron chi connectivity index (χ0n) is 17.8. The maximum absolute atomic E-state index is 13.2. The third-order valence-electron chi connectivity index (χ3n) is 4.82. The van der Waals surface area contributed by atoms with Crippen LogP contribution in [0.5, 0.6) is 0 Å². The lowest BCUT2D eigenvalue weighted by molar-refractivity contribution is -0.122. The van der Waals surface area contributed by atoms with E-state index in [1.54, 1.807) is 51.5 Å². The highest BCUT2D eigenvalue weighted by Gasteiger charge is 2.37. The van der Waals surface area contributed by atoms with E-state index in [1.807, 2.05) is 42.5 Å². The number of hydrogen-bond acceptors (Lipinski definition) is 4. The maximum atomic E-state index is 13.2. The number of anilines is 1. The SMILES string of the molecule is CC(C)(C)N(C(=O)O)[C@H](Cc1ccccc1)C(=O)Nc1ccc(-c2ccncc2)nc1. The van der Waals surface area contributed by atoms with Crippen molar-refractivity contribution in [2.45, 2.75) is 38.8 Å². The molecule has 0 aliphatic heterocycles. The molecule has 0 saturated carbocycles. The molecule has 3 aromatic rings. The van der Waals surface area contributed by atoms with Gasteiger partial charge in [-0.3, -0.25) is 19.7 Å². The predicted molar refractivity (Wildman–Crippen MR) is 120 cm³/mol. The van der Waals surface area contributed by atoms with Crippen LogP contribution >= 0.6 is 0 Å². The first-order valence-corrected chi connectivity index (χ1v) is 9.99. The van der Waals surface area contributed by atoms with Crippen molar-refractivity contribution in [2.75, 3.05) is 5.32 Å². The molecular formula is C24H26N4O3. The Bertz CT molecular complexity index is 1020. The first kappa shape index (κ1) is 22.0. The molecule has 7 nitrogen and oxygen atoms in total. The van der Waals surface area contributed by atoms with Crippen molar-refractivity contribution in [3.05, 3.63) is 78.8 Å². The average molecular weight is 418 g/mol. The Morgan fingerprint density at radius 2 is 1.71 bits per heavy atom. The molecule has 1 aromatic carbocycles. The van der Waals surface area contributed by atoms with E-state index in [2.05, 4.69) is 15.3 Å². The number of pyridine rings is 2. The van der Waals surface area contributed by atoms with Gasteiger partial charge in [0, 0.05) is 29.9 Å². The second kappa shape index (κ2) is 9.38. The fraction of sp³-hybridized carbons (Fsp3) is 0.250. The van der Waals surface area contributed by atoms with Crippen molar-refractivity contribution in [3.63, 3.8) is 0 Å². The monoisotopic (exact) mass is 418 g/mol. The van der Waals surface area contributed by atoms with Gasteiger partial charge in [0.2, 0.25) is 5.91 Å². The van der Waals surface area contributed by atoms with Crippen LogP contribution in [0.4, 0.5) is 10.5 Å². The fourth-order valence-corrected chi connectivity index (χ4v) is 3.41. The first-order valence-electron chi connectivity index (χ1n) is 9.99. The van der Waals surface area contributed by atoms with Crippen LogP contribution in [0, 0.1) is 0 Å². The number of rotatable bonds is 6. The summed E-state index contributed by atoms with van der Waals surface area (Å²) in [6.45, 7) is 5.33. The molecule has 0 unspecified atom stereocenters. The van der Waals surface area contributed by atoms with Crippen LogP contribution < -0.4 is 5.32 Å². The van der Waals surface area contributed by atoms with E-state index >= 15 is 0 Å². The average Bonchev–Trinajstić information content (AvgIpc) is 2.74. The molecule has 2 aromatic heterocycles. The zero-order valence-corrected chi connectivity index (χ0v) is 17.8. The van der Waals surface area contributed by atoms with Crippen molar-refractivity contribution >= 4 is 17.7 Å². The lowest BCUT2D eigenvalue weighted by Gasteiger charge is -2.38. The van der Waals surface area contributed by atoms with Crippen molar-refractivity contribution in [1.82, 2.24) is 14.9 Å². The molecule has 2 N–H and O–H groups in total. The van der Waals surface area contributed by atoms with Crippen LogP contribution in [0.2, 0.25) is 0 Å². The molecule has 2 amide bonds. The van der Waals surface area contributed by atoms with Gasteiger partial charge in [-0.1, -0.05) is 30.3 Å². The molecule has 3 rings (SSSR count). The third-order valence-corrected chi connectivity index (χ3v) is 4.82. The van der Waals surface area contributed by atoms with Crippen molar-refractivity contribution in [1.29, 1.82) is 0 Å². The van der Waals surface area contributed by atoms with Crippen LogP contribution in [0.3, 0.4) is 0 Å². The minimum Gasteiger partial charge on any atom is -0.465 e. The van der Waals surface area contributed by atoms with Gasteiger partial charge in [-0.2, -0.15) is 0 Å². The summed E-state index contributed by atoms with van der Waals surface area (Å²) in [7, 11) is 0. The quantitative estimate of drug-likeness (QED) is 0.616. The van der Waals surface area contributed by atoms with Gasteiger partial charge in [0.1, 0.15) is 6.04 Å². The van der Waals surface area contributed by atoms with Gasteiger partial charge in [-0.05, 0) is 50.6 Å². The topological polar surface area (TPSA) is 95.4 Å². The van der Waals surface area contributed by atoms with Gasteiger partial charge < -0.3 is 10.4 Å². The summed E-state index contributed by atoms with van der Waals surface area (Å²) in [5, 5.41) is 12.7. The number of nitrogens with one attached hydrogen (secondary N) is 1. The highest BCUT2D eigenvalue weighted by molar-refractivity contribution is 5.96. The van der Waals surface area contributed by atoms with Crippen LogP contribution in [0.1, 0.15) is 26.3 Å². The third kappa shape index (κ3) is 5.66. The smallest absolute Gasteiger partial charge is 0.408 e. The summed E-state index contributed by atoms with van der Waals surface area (Å²) in [6.07, 6.45) is 4.06. The Hall–Kier alpha value is -3.74. The number of hydrogen-bond donors (Lipinski definition) is 2. The number of carbonyl (C=O) groups is 2. The molecule has 0 fully saturated rings. The van der Waals surface area contributed by atoms with Crippen molar-refractivity contribution in [2.24, 2.45) is 0 Å². The Kier molecular flexibility index (Phi) is 6.65. The Morgan fingerprint density at radius 3 is 2.26 bits per heavy atom. The Morgan fingerprint density at radius 1 is 1.03 bits per heavy atom. The fourth-order valence-electron chi connectivity index (χ4n) is 3.41. The number of carbonyl (C=O) groups excluding carboxylic acids is 1. The van der Waals surface area contributed by atoms with E-state index in [0.29, 0.717) is 5.69 Å². The highest BCUT2D eigenvalue weighted by Crippen LogP contribution is 2.23. The van der Waals surface area contributed by atoms with Gasteiger partial charge in [0.15, 0.2) is 0 Å². The van der Waals surface area contributed by atoms with Gasteiger partial charge in [-0.15, -0.1) is 0 Å². The summed E-state index contributed by atoms with van der Waals surface area (Å²) in [4.78, 5) is 34.9. The lowest BCUT2D eigenvalue weighted by Crippen LogP contribution is -2.56. The predicted octanol–water partition coefficient (Wildman–Crippen LogP) is 4.47. The number of amides is 2. The van der Waals surface area contributed by atoms with Gasteiger partial charge in [0.05, 0.1) is 17.6 Å². The molecule has 0 aliphatic rings. The minimum absolute atomic E-state index is 0.263. The second-order valence-electron chi connectivity index (χ2n) is 8.19. The molecule has 31 heavy (non-hydrogen) atoms. The summed E-state index contributed by atoms with van der Waals surface area (Å²) in [5.74, 6) is -0.403. The number of aromatic nitrogens is 2. The van der Waals surface area contributed by atoms with Crippen LogP contribution in [0.25, 0.3) is 11.3 Å². The molecular weight excluding hydrogens is 392 g/mol. The Labute approximate surface area is 181 Å². The molecule has 1 atom stereocenters. The number of nitrogens with zero attached hydrogens (tertiary/aromatic N) is 3. The molecule has 0 spiro atoms. The molecule has 0 bridgehead atoms. The number of benzene rings is 1. The molecule has 0 saturated heterocycles. The van der Waals surface area contributed by atoms with Crippen LogP contribution in [-0.2, 0) is 11.2 Å². The summed E-state index contributed by atoms with van der Waals surface area (Å²) >= 11 is 0. The van der Waals surface area contributed by atoms with E-state index < -0.39 is 23.6 Å². The van der Waals surface area contributed by atoms with E-state index in [1.165, 1.54) is 4.90 Å². The summed E-state index contributed by atoms with van der Waals surface area (Å²) in [5.41, 5.74) is 2.29.